The number of hydrogen-bond acceptors (Lipinski definition) is 5. The van der Waals surface area contributed by atoms with Gasteiger partial charge in [0.2, 0.25) is 0 Å². The van der Waals surface area contributed by atoms with Crippen LogP contribution in [0.2, 0.25) is 0 Å². The van der Waals surface area contributed by atoms with Gasteiger partial charge >= 0.3 is 0 Å². The minimum absolute atomic E-state index is 0.266. The molecule has 0 unspecified atom stereocenters. The highest BCUT2D eigenvalue weighted by Crippen LogP contribution is 2.25. The van der Waals surface area contributed by atoms with E-state index in [4.69, 9.17) is 4.74 Å². The van der Waals surface area contributed by atoms with Crippen LogP contribution in [0.1, 0.15) is 12.6 Å². The fraction of sp³-hybridized carbons (Fsp3) is 0.125. The Morgan fingerprint density at radius 1 is 1.23 bits per heavy atom. The van der Waals surface area contributed by atoms with E-state index >= 15 is 0 Å². The Morgan fingerprint density at radius 3 is 2.68 bits per heavy atom. The molecule has 0 fully saturated rings. The molecule has 6 heteroatoms. The van der Waals surface area contributed by atoms with Gasteiger partial charge in [0, 0.05) is 18.0 Å². The van der Waals surface area contributed by atoms with Crippen molar-refractivity contribution in [3.63, 3.8) is 0 Å². The first kappa shape index (κ1) is 13.8. The molecule has 0 saturated heterocycles. The van der Waals surface area contributed by atoms with E-state index in [1.807, 2.05) is 43.3 Å². The van der Waals surface area contributed by atoms with E-state index in [0.29, 0.717) is 12.3 Å². The lowest BCUT2D eigenvalue weighted by Crippen LogP contribution is -2.00. The molecule has 2 aromatic heterocycles. The summed E-state index contributed by atoms with van der Waals surface area (Å²) in [5.41, 5.74) is 2.48. The number of hydrogen-bond donors (Lipinski definition) is 0. The van der Waals surface area contributed by atoms with Crippen LogP contribution in [0.25, 0.3) is 16.9 Å². The summed E-state index contributed by atoms with van der Waals surface area (Å²) in [4.78, 5) is 4.09. The normalized spacial score (nSPS) is 10.2. The van der Waals surface area contributed by atoms with Gasteiger partial charge in [-0.3, -0.25) is 4.98 Å². The minimum atomic E-state index is 0.266. The van der Waals surface area contributed by atoms with E-state index in [2.05, 4.69) is 21.4 Å². The second-order valence-electron chi connectivity index (χ2n) is 4.48. The molecule has 0 N–H and O–H groups in total. The van der Waals surface area contributed by atoms with Crippen LogP contribution >= 0.6 is 0 Å². The summed E-state index contributed by atoms with van der Waals surface area (Å²) in [6.07, 6.45) is 3.37. The van der Waals surface area contributed by atoms with E-state index in [0.717, 1.165) is 17.0 Å². The van der Waals surface area contributed by atoms with Crippen molar-refractivity contribution in [1.29, 1.82) is 5.26 Å². The Balaban J connectivity index is 2.08. The molecule has 0 aliphatic heterocycles. The van der Waals surface area contributed by atoms with Crippen LogP contribution in [0.4, 0.5) is 0 Å². The molecular formula is C16H13N5O. The fourth-order valence-corrected chi connectivity index (χ4v) is 2.15. The molecule has 3 aromatic rings. The minimum Gasteiger partial charge on any atom is -0.494 e. The lowest BCUT2D eigenvalue weighted by atomic mass is 10.1. The molecule has 6 nitrogen and oxygen atoms in total. The predicted octanol–water partition coefficient (Wildman–Crippen LogP) is 2.60. The molecule has 22 heavy (non-hydrogen) atoms. The Hall–Kier alpha value is -3.20. The highest BCUT2D eigenvalue weighted by molar-refractivity contribution is 5.66. The van der Waals surface area contributed by atoms with Crippen LogP contribution in [-0.2, 0) is 0 Å². The quantitative estimate of drug-likeness (QED) is 0.738. The number of rotatable bonds is 4. The van der Waals surface area contributed by atoms with Crippen molar-refractivity contribution in [3.8, 4) is 28.8 Å². The fourth-order valence-electron chi connectivity index (χ4n) is 2.15. The van der Waals surface area contributed by atoms with Gasteiger partial charge in [-0.25, -0.2) is 4.68 Å². The third kappa shape index (κ3) is 2.52. The maximum atomic E-state index is 9.25. The zero-order chi connectivity index (χ0) is 15.4. The number of nitrogens with zero attached hydrogens (tertiary/aromatic N) is 5. The van der Waals surface area contributed by atoms with E-state index < -0.39 is 0 Å². The summed E-state index contributed by atoms with van der Waals surface area (Å²) in [6.45, 7) is 2.55. The third-order valence-electron chi connectivity index (χ3n) is 3.10. The van der Waals surface area contributed by atoms with Crippen LogP contribution in [0.5, 0.6) is 5.75 Å². The van der Waals surface area contributed by atoms with Crippen molar-refractivity contribution >= 4 is 0 Å². The van der Waals surface area contributed by atoms with Crippen molar-refractivity contribution in [2.24, 2.45) is 0 Å². The first-order chi connectivity index (χ1) is 10.8. The van der Waals surface area contributed by atoms with Gasteiger partial charge in [-0.2, -0.15) is 5.26 Å². The Morgan fingerprint density at radius 2 is 2.05 bits per heavy atom. The molecule has 0 amide bonds. The summed E-state index contributed by atoms with van der Waals surface area (Å²) < 4.78 is 7.06. The number of aromatic nitrogens is 4. The van der Waals surface area contributed by atoms with Gasteiger partial charge in [-0.15, -0.1) is 5.10 Å². The van der Waals surface area contributed by atoms with Crippen molar-refractivity contribution in [3.05, 3.63) is 54.5 Å². The average Bonchev–Trinajstić information content (AvgIpc) is 3.00. The molecule has 2 heterocycles. The zero-order valence-electron chi connectivity index (χ0n) is 12.0. The summed E-state index contributed by atoms with van der Waals surface area (Å²) in [5, 5.41) is 17.3. The average molecular weight is 291 g/mol. The van der Waals surface area contributed by atoms with Crippen LogP contribution in [0.15, 0.2) is 48.8 Å². The second-order valence-corrected chi connectivity index (χ2v) is 4.48. The van der Waals surface area contributed by atoms with Crippen LogP contribution in [0, 0.1) is 11.3 Å². The molecule has 0 saturated carbocycles. The van der Waals surface area contributed by atoms with E-state index in [-0.39, 0.29) is 5.69 Å². The van der Waals surface area contributed by atoms with E-state index in [1.54, 1.807) is 17.1 Å². The summed E-state index contributed by atoms with van der Waals surface area (Å²) in [7, 11) is 0. The maximum absolute atomic E-state index is 9.25. The first-order valence-corrected chi connectivity index (χ1v) is 6.83. The molecule has 108 valence electrons. The van der Waals surface area contributed by atoms with Crippen molar-refractivity contribution in [2.75, 3.05) is 6.61 Å². The monoisotopic (exact) mass is 291 g/mol. The van der Waals surface area contributed by atoms with Crippen LogP contribution in [0.3, 0.4) is 0 Å². The van der Waals surface area contributed by atoms with Crippen LogP contribution in [-0.4, -0.2) is 26.6 Å². The number of pyridine rings is 1. The maximum Gasteiger partial charge on any atom is 0.191 e. The van der Waals surface area contributed by atoms with Crippen molar-refractivity contribution in [1.82, 2.24) is 20.0 Å². The van der Waals surface area contributed by atoms with Gasteiger partial charge in [-0.1, -0.05) is 5.21 Å². The lowest BCUT2D eigenvalue weighted by molar-refractivity contribution is 0.340. The molecule has 0 atom stereocenters. The Kier molecular flexibility index (Phi) is 3.79. The summed E-state index contributed by atoms with van der Waals surface area (Å²) >= 11 is 0. The summed E-state index contributed by atoms with van der Waals surface area (Å²) in [5.74, 6) is 0.787. The SMILES string of the molecule is CCOc1ccc(-n2nnc(C#N)c2-c2cccnc2)cc1. The smallest absolute Gasteiger partial charge is 0.191 e. The second kappa shape index (κ2) is 6.06. The number of ether oxygens (including phenoxy) is 1. The van der Waals surface area contributed by atoms with Gasteiger partial charge in [-0.05, 0) is 43.3 Å². The van der Waals surface area contributed by atoms with Gasteiger partial charge in [0.25, 0.3) is 0 Å². The highest BCUT2D eigenvalue weighted by atomic mass is 16.5. The van der Waals surface area contributed by atoms with Gasteiger partial charge in [0.1, 0.15) is 17.5 Å². The molecule has 3 rings (SSSR count). The highest BCUT2D eigenvalue weighted by Gasteiger charge is 2.16. The summed E-state index contributed by atoms with van der Waals surface area (Å²) in [6, 6.07) is 13.2. The van der Waals surface area contributed by atoms with E-state index in [9.17, 15) is 5.26 Å². The number of benzene rings is 1. The largest absolute Gasteiger partial charge is 0.494 e. The molecule has 1 aromatic carbocycles. The Bertz CT molecular complexity index is 803. The Labute approximate surface area is 127 Å². The van der Waals surface area contributed by atoms with Crippen molar-refractivity contribution in [2.45, 2.75) is 6.92 Å². The topological polar surface area (TPSA) is 76.6 Å². The zero-order valence-corrected chi connectivity index (χ0v) is 12.0. The molecule has 0 aliphatic rings. The van der Waals surface area contributed by atoms with Gasteiger partial charge in [0.05, 0.1) is 12.3 Å². The third-order valence-corrected chi connectivity index (χ3v) is 3.10. The first-order valence-electron chi connectivity index (χ1n) is 6.83. The molecular weight excluding hydrogens is 278 g/mol. The molecule has 0 aliphatic carbocycles. The standard InChI is InChI=1S/C16H13N5O/c1-2-22-14-7-5-13(6-8-14)21-16(15(10-17)19-20-21)12-4-3-9-18-11-12/h3-9,11H,2H2,1H3. The predicted molar refractivity (Wildman–Crippen MR) is 80.5 cm³/mol. The molecule has 0 radical (unpaired) electrons. The lowest BCUT2D eigenvalue weighted by Gasteiger charge is -2.08. The molecule has 0 bridgehead atoms. The van der Waals surface area contributed by atoms with E-state index in [1.165, 1.54) is 0 Å². The molecule has 0 spiro atoms. The van der Waals surface area contributed by atoms with Crippen molar-refractivity contribution < 1.29 is 4.74 Å². The van der Waals surface area contributed by atoms with Gasteiger partial charge < -0.3 is 4.74 Å². The van der Waals surface area contributed by atoms with Gasteiger partial charge in [0.15, 0.2) is 5.69 Å². The number of nitriles is 1. The van der Waals surface area contributed by atoms with Crippen LogP contribution < -0.4 is 4.74 Å².